The van der Waals surface area contributed by atoms with Gasteiger partial charge in [-0.2, -0.15) is 0 Å². The lowest BCUT2D eigenvalue weighted by Gasteiger charge is -2.20. The van der Waals surface area contributed by atoms with Crippen LogP contribution in [0.1, 0.15) is 25.8 Å². The van der Waals surface area contributed by atoms with Gasteiger partial charge in [-0.15, -0.1) is 0 Å². The SMILES string of the molecule is CC(C)C[C@H](NC(=O)[C@@H](N)Cc1cccc2ccccc12)C(N)=O. The third-order valence-corrected chi connectivity index (χ3v) is 4.02. The smallest absolute Gasteiger partial charge is 0.240 e. The number of hydrogen-bond donors (Lipinski definition) is 3. The molecule has 2 atom stereocenters. The molecule has 0 aliphatic carbocycles. The van der Waals surface area contributed by atoms with Gasteiger partial charge in [0.15, 0.2) is 0 Å². The molecule has 0 aliphatic heterocycles. The minimum absolute atomic E-state index is 0.247. The second-order valence-corrected chi connectivity index (χ2v) is 6.54. The Balaban J connectivity index is 2.09. The van der Waals surface area contributed by atoms with Crippen molar-refractivity contribution in [1.29, 1.82) is 0 Å². The van der Waals surface area contributed by atoms with Crippen molar-refractivity contribution in [3.05, 3.63) is 48.0 Å². The molecule has 0 fully saturated rings. The van der Waals surface area contributed by atoms with Gasteiger partial charge in [0.2, 0.25) is 11.8 Å². The van der Waals surface area contributed by atoms with E-state index in [1.165, 1.54) is 0 Å². The number of nitrogens with two attached hydrogens (primary N) is 2. The van der Waals surface area contributed by atoms with Crippen LogP contribution in [0.2, 0.25) is 0 Å². The highest BCUT2D eigenvalue weighted by molar-refractivity contribution is 5.90. The second kappa shape index (κ2) is 7.93. The summed E-state index contributed by atoms with van der Waals surface area (Å²) in [6, 6.07) is 12.5. The Morgan fingerprint density at radius 2 is 1.75 bits per heavy atom. The van der Waals surface area contributed by atoms with E-state index in [-0.39, 0.29) is 11.8 Å². The number of benzene rings is 2. The summed E-state index contributed by atoms with van der Waals surface area (Å²) in [6.45, 7) is 3.94. The van der Waals surface area contributed by atoms with Gasteiger partial charge in [-0.1, -0.05) is 56.3 Å². The number of nitrogens with one attached hydrogen (secondary N) is 1. The highest BCUT2D eigenvalue weighted by Crippen LogP contribution is 2.19. The highest BCUT2D eigenvalue weighted by Gasteiger charge is 2.23. The molecule has 5 nitrogen and oxygen atoms in total. The summed E-state index contributed by atoms with van der Waals surface area (Å²) in [6.07, 6.45) is 0.905. The zero-order valence-corrected chi connectivity index (χ0v) is 14.2. The number of fused-ring (bicyclic) bond motifs is 1. The van der Waals surface area contributed by atoms with Crippen molar-refractivity contribution in [2.24, 2.45) is 17.4 Å². The topological polar surface area (TPSA) is 98.2 Å². The lowest BCUT2D eigenvalue weighted by atomic mass is 9.98. The van der Waals surface area contributed by atoms with Gasteiger partial charge in [0, 0.05) is 0 Å². The Morgan fingerprint density at radius 1 is 1.08 bits per heavy atom. The maximum absolute atomic E-state index is 12.3. The van der Waals surface area contributed by atoms with E-state index in [1.807, 2.05) is 56.3 Å². The molecule has 2 aromatic rings. The van der Waals surface area contributed by atoms with Crippen molar-refractivity contribution in [2.75, 3.05) is 0 Å². The minimum atomic E-state index is -0.732. The number of primary amides is 1. The molecule has 0 radical (unpaired) electrons. The standard InChI is InChI=1S/C19H25N3O2/c1-12(2)10-17(18(21)23)22-19(24)16(20)11-14-8-5-7-13-6-3-4-9-15(13)14/h3-9,12,16-17H,10-11,20H2,1-2H3,(H2,21,23)(H,22,24)/t16-,17-/m0/s1. The van der Waals surface area contributed by atoms with Gasteiger partial charge in [-0.25, -0.2) is 0 Å². The summed E-state index contributed by atoms with van der Waals surface area (Å²) in [7, 11) is 0. The number of hydrogen-bond acceptors (Lipinski definition) is 3. The third-order valence-electron chi connectivity index (χ3n) is 4.02. The average Bonchev–Trinajstić information content (AvgIpc) is 2.54. The maximum Gasteiger partial charge on any atom is 0.240 e. The molecule has 5 N–H and O–H groups in total. The Bertz CT molecular complexity index is 722. The van der Waals surface area contributed by atoms with Crippen molar-refractivity contribution in [3.63, 3.8) is 0 Å². The Labute approximate surface area is 142 Å². The Kier molecular flexibility index (Phi) is 5.93. The molecule has 0 unspecified atom stereocenters. The number of rotatable bonds is 7. The van der Waals surface area contributed by atoms with Crippen LogP contribution in [-0.2, 0) is 16.0 Å². The molecule has 0 saturated carbocycles. The van der Waals surface area contributed by atoms with Crippen molar-refractivity contribution >= 4 is 22.6 Å². The monoisotopic (exact) mass is 327 g/mol. The van der Waals surface area contributed by atoms with Gasteiger partial charge >= 0.3 is 0 Å². The first kappa shape index (κ1) is 17.9. The van der Waals surface area contributed by atoms with Crippen LogP contribution in [0.25, 0.3) is 10.8 Å². The predicted octanol–water partition coefficient (Wildman–Crippen LogP) is 1.73. The first-order valence-electron chi connectivity index (χ1n) is 8.20. The number of carbonyl (C=O) groups is 2. The van der Waals surface area contributed by atoms with E-state index in [0.717, 1.165) is 16.3 Å². The number of carbonyl (C=O) groups excluding carboxylic acids is 2. The first-order valence-corrected chi connectivity index (χ1v) is 8.20. The van der Waals surface area contributed by atoms with Crippen molar-refractivity contribution in [1.82, 2.24) is 5.32 Å². The zero-order valence-electron chi connectivity index (χ0n) is 14.2. The predicted molar refractivity (Wildman–Crippen MR) is 96.2 cm³/mol. The largest absolute Gasteiger partial charge is 0.368 e. The van der Waals surface area contributed by atoms with E-state index in [4.69, 9.17) is 11.5 Å². The van der Waals surface area contributed by atoms with Crippen LogP contribution in [0.4, 0.5) is 0 Å². The average molecular weight is 327 g/mol. The lowest BCUT2D eigenvalue weighted by Crippen LogP contribution is -2.51. The van der Waals surface area contributed by atoms with E-state index >= 15 is 0 Å². The molecule has 0 bridgehead atoms. The molecule has 24 heavy (non-hydrogen) atoms. The van der Waals surface area contributed by atoms with Crippen LogP contribution >= 0.6 is 0 Å². The van der Waals surface area contributed by atoms with Gasteiger partial charge in [0.1, 0.15) is 6.04 Å². The lowest BCUT2D eigenvalue weighted by molar-refractivity contribution is -0.128. The van der Waals surface area contributed by atoms with Crippen LogP contribution in [0.15, 0.2) is 42.5 Å². The molecule has 2 rings (SSSR count). The summed E-state index contributed by atoms with van der Waals surface area (Å²) >= 11 is 0. The molecule has 0 aromatic heterocycles. The van der Waals surface area contributed by atoms with E-state index < -0.39 is 18.0 Å². The van der Waals surface area contributed by atoms with Crippen molar-refractivity contribution in [3.8, 4) is 0 Å². The van der Waals surface area contributed by atoms with Gasteiger partial charge in [0.25, 0.3) is 0 Å². The van der Waals surface area contributed by atoms with Crippen LogP contribution in [0.5, 0.6) is 0 Å². The zero-order chi connectivity index (χ0) is 17.7. The molecule has 0 heterocycles. The summed E-state index contributed by atoms with van der Waals surface area (Å²) in [5, 5.41) is 4.87. The van der Waals surface area contributed by atoms with Gasteiger partial charge in [0.05, 0.1) is 6.04 Å². The fourth-order valence-electron chi connectivity index (χ4n) is 2.80. The Hall–Kier alpha value is -2.40. The molecule has 2 aromatic carbocycles. The van der Waals surface area contributed by atoms with E-state index in [1.54, 1.807) is 0 Å². The molecule has 0 spiro atoms. The quantitative estimate of drug-likeness (QED) is 0.722. The normalized spacial score (nSPS) is 13.7. The molecule has 0 aliphatic rings. The fraction of sp³-hybridized carbons (Fsp3) is 0.368. The molecular weight excluding hydrogens is 302 g/mol. The molecule has 0 saturated heterocycles. The van der Waals surface area contributed by atoms with Crippen LogP contribution in [-0.4, -0.2) is 23.9 Å². The first-order chi connectivity index (χ1) is 11.4. The van der Waals surface area contributed by atoms with Gasteiger partial charge in [-0.05, 0) is 35.1 Å². The van der Waals surface area contributed by atoms with E-state index in [9.17, 15) is 9.59 Å². The molecule has 5 heteroatoms. The van der Waals surface area contributed by atoms with E-state index in [2.05, 4.69) is 5.32 Å². The van der Waals surface area contributed by atoms with Gasteiger partial charge in [-0.3, -0.25) is 9.59 Å². The second-order valence-electron chi connectivity index (χ2n) is 6.54. The molecule has 2 amide bonds. The maximum atomic E-state index is 12.3. The van der Waals surface area contributed by atoms with Crippen molar-refractivity contribution in [2.45, 2.75) is 38.8 Å². The molecule has 128 valence electrons. The summed E-state index contributed by atoms with van der Waals surface area (Å²) in [4.78, 5) is 23.8. The Morgan fingerprint density at radius 3 is 2.42 bits per heavy atom. The van der Waals surface area contributed by atoms with Crippen LogP contribution < -0.4 is 16.8 Å². The molecular formula is C19H25N3O2. The van der Waals surface area contributed by atoms with Gasteiger partial charge < -0.3 is 16.8 Å². The summed E-state index contributed by atoms with van der Waals surface area (Å²) in [5.74, 6) is -0.640. The van der Waals surface area contributed by atoms with E-state index in [0.29, 0.717) is 12.8 Å². The summed E-state index contributed by atoms with van der Waals surface area (Å²) in [5.41, 5.74) is 12.4. The minimum Gasteiger partial charge on any atom is -0.368 e. The van der Waals surface area contributed by atoms with Crippen LogP contribution in [0, 0.1) is 5.92 Å². The number of amides is 2. The third kappa shape index (κ3) is 4.55. The summed E-state index contributed by atoms with van der Waals surface area (Å²) < 4.78 is 0. The van der Waals surface area contributed by atoms with Crippen LogP contribution in [0.3, 0.4) is 0 Å². The fourth-order valence-corrected chi connectivity index (χ4v) is 2.80. The highest BCUT2D eigenvalue weighted by atomic mass is 16.2. The van der Waals surface area contributed by atoms with Crippen molar-refractivity contribution < 1.29 is 9.59 Å².